The zero-order valence-corrected chi connectivity index (χ0v) is 14.3. The Morgan fingerprint density at radius 1 is 1.15 bits per heavy atom. The van der Waals surface area contributed by atoms with Gasteiger partial charge in [0.05, 0.1) is 12.1 Å². The van der Waals surface area contributed by atoms with Crippen LogP contribution in [0.2, 0.25) is 0 Å². The molecule has 3 N–H and O–H groups in total. The molecule has 0 saturated carbocycles. The van der Waals surface area contributed by atoms with Gasteiger partial charge in [0.15, 0.2) is 0 Å². The number of benzene rings is 2. The fourth-order valence-corrected chi connectivity index (χ4v) is 2.64. The molecule has 134 valence electrons. The summed E-state index contributed by atoms with van der Waals surface area (Å²) in [4.78, 5) is 24.5. The van der Waals surface area contributed by atoms with Gasteiger partial charge in [-0.25, -0.2) is 4.68 Å². The summed E-state index contributed by atoms with van der Waals surface area (Å²) >= 11 is 0. The molecule has 3 rings (SSSR count). The van der Waals surface area contributed by atoms with Gasteiger partial charge in [-0.3, -0.25) is 9.59 Å². The topological polar surface area (TPSA) is 109 Å². The van der Waals surface area contributed by atoms with Gasteiger partial charge < -0.3 is 15.7 Å². The van der Waals surface area contributed by atoms with E-state index in [4.69, 9.17) is 5.11 Å². The summed E-state index contributed by atoms with van der Waals surface area (Å²) in [6.45, 7) is 1.82. The van der Waals surface area contributed by atoms with Crippen molar-refractivity contribution in [3.8, 4) is 0 Å². The molecule has 0 radical (unpaired) electrons. The highest BCUT2D eigenvalue weighted by Crippen LogP contribution is 2.19. The quantitative estimate of drug-likeness (QED) is 0.615. The molecule has 1 aromatic heterocycles. The molecule has 0 bridgehead atoms. The number of nitrogens with one attached hydrogen (secondary N) is 2. The van der Waals surface area contributed by atoms with Gasteiger partial charge in [0.2, 0.25) is 5.91 Å². The largest absolute Gasteiger partial charge is 0.395 e. The van der Waals surface area contributed by atoms with Crippen LogP contribution in [-0.2, 0) is 11.3 Å². The molecule has 2 aromatic carbocycles. The molecular weight excluding hydrogens is 334 g/mol. The molecule has 26 heavy (non-hydrogen) atoms. The summed E-state index contributed by atoms with van der Waals surface area (Å²) in [5.74, 6) is -0.563. The van der Waals surface area contributed by atoms with E-state index < -0.39 is 0 Å². The molecule has 0 aliphatic carbocycles. The average molecular weight is 353 g/mol. The van der Waals surface area contributed by atoms with Crippen molar-refractivity contribution in [1.82, 2.24) is 20.3 Å². The van der Waals surface area contributed by atoms with E-state index in [-0.39, 0.29) is 31.5 Å². The van der Waals surface area contributed by atoms with Crippen molar-refractivity contribution >= 4 is 28.5 Å². The molecule has 0 fully saturated rings. The second-order valence-corrected chi connectivity index (χ2v) is 5.74. The summed E-state index contributed by atoms with van der Waals surface area (Å²) in [6, 6.07) is 12.5. The molecule has 8 nitrogen and oxygen atoms in total. The van der Waals surface area contributed by atoms with Crippen LogP contribution in [0.5, 0.6) is 0 Å². The molecule has 1 heterocycles. The maximum atomic E-state index is 12.4. The summed E-state index contributed by atoms with van der Waals surface area (Å²) in [5, 5.41) is 22.2. The minimum absolute atomic E-state index is 0.0148. The molecule has 3 aromatic rings. The summed E-state index contributed by atoms with van der Waals surface area (Å²) in [7, 11) is 0. The van der Waals surface area contributed by atoms with Crippen LogP contribution in [0.4, 0.5) is 5.69 Å². The number of nitrogens with zero attached hydrogens (tertiary/aromatic N) is 3. The lowest BCUT2D eigenvalue weighted by molar-refractivity contribution is -0.116. The molecule has 0 aliphatic rings. The highest BCUT2D eigenvalue weighted by atomic mass is 16.3. The third kappa shape index (κ3) is 3.70. The smallest absolute Gasteiger partial charge is 0.251 e. The van der Waals surface area contributed by atoms with Gasteiger partial charge in [-0.05, 0) is 36.8 Å². The van der Waals surface area contributed by atoms with Crippen LogP contribution < -0.4 is 10.6 Å². The number of aliphatic hydroxyl groups is 1. The third-order valence-electron chi connectivity index (χ3n) is 3.96. The fraction of sp³-hybridized carbons (Fsp3) is 0.222. The number of carbonyl (C=O) groups excluding carboxylic acids is 2. The minimum Gasteiger partial charge on any atom is -0.395 e. The number of fused-ring (bicyclic) bond motifs is 1. The van der Waals surface area contributed by atoms with E-state index in [0.717, 1.165) is 11.0 Å². The lowest BCUT2D eigenvalue weighted by atomic mass is 10.1. The fourth-order valence-electron chi connectivity index (χ4n) is 2.64. The highest BCUT2D eigenvalue weighted by Gasteiger charge is 2.14. The average Bonchev–Trinajstić information content (AvgIpc) is 3.04. The summed E-state index contributed by atoms with van der Waals surface area (Å²) in [6.07, 6.45) is 0. The number of carbonyl (C=O) groups is 2. The van der Waals surface area contributed by atoms with Crippen LogP contribution in [0.15, 0.2) is 42.5 Å². The van der Waals surface area contributed by atoms with Crippen LogP contribution in [-0.4, -0.2) is 45.1 Å². The number of para-hydroxylation sites is 1. The first-order valence-corrected chi connectivity index (χ1v) is 8.17. The van der Waals surface area contributed by atoms with Gasteiger partial charge in [0.25, 0.3) is 5.91 Å². The molecule has 2 amide bonds. The van der Waals surface area contributed by atoms with Crippen molar-refractivity contribution in [3.05, 3.63) is 53.6 Å². The van der Waals surface area contributed by atoms with Crippen molar-refractivity contribution in [2.75, 3.05) is 18.5 Å². The first-order valence-electron chi connectivity index (χ1n) is 8.17. The first kappa shape index (κ1) is 17.6. The molecule has 8 heteroatoms. The number of hydrogen-bond donors (Lipinski definition) is 3. The van der Waals surface area contributed by atoms with E-state index in [1.165, 1.54) is 4.68 Å². The third-order valence-corrected chi connectivity index (χ3v) is 3.96. The first-order chi connectivity index (χ1) is 12.6. The van der Waals surface area contributed by atoms with E-state index >= 15 is 0 Å². The Bertz CT molecular complexity index is 951. The number of aromatic nitrogens is 3. The second kappa shape index (κ2) is 7.75. The number of hydrogen-bond acceptors (Lipinski definition) is 5. The van der Waals surface area contributed by atoms with Crippen LogP contribution in [0, 0.1) is 6.92 Å². The molecule has 0 aliphatic heterocycles. The Hall–Kier alpha value is -3.26. The van der Waals surface area contributed by atoms with Crippen molar-refractivity contribution in [2.24, 2.45) is 0 Å². The minimum atomic E-state index is -0.296. The number of rotatable bonds is 6. The number of aliphatic hydroxyl groups excluding tert-OH is 1. The number of amides is 2. The van der Waals surface area contributed by atoms with E-state index in [1.54, 1.807) is 25.1 Å². The van der Waals surface area contributed by atoms with E-state index in [0.29, 0.717) is 16.8 Å². The molecule has 0 spiro atoms. The van der Waals surface area contributed by atoms with Crippen LogP contribution >= 0.6 is 0 Å². The Balaban J connectivity index is 1.74. The van der Waals surface area contributed by atoms with E-state index in [1.807, 2.05) is 24.3 Å². The zero-order valence-electron chi connectivity index (χ0n) is 14.3. The summed E-state index contributed by atoms with van der Waals surface area (Å²) < 4.78 is 1.53. The van der Waals surface area contributed by atoms with Gasteiger partial charge in [-0.2, -0.15) is 0 Å². The van der Waals surface area contributed by atoms with Crippen LogP contribution in [0.3, 0.4) is 0 Å². The predicted molar refractivity (Wildman–Crippen MR) is 96.8 cm³/mol. The van der Waals surface area contributed by atoms with Gasteiger partial charge in [-0.15, -0.1) is 5.10 Å². The van der Waals surface area contributed by atoms with Crippen molar-refractivity contribution in [1.29, 1.82) is 0 Å². The SMILES string of the molecule is Cc1c(NC(=O)Cn2nnc3ccccc32)cccc1C(=O)NCCO. The van der Waals surface area contributed by atoms with Crippen molar-refractivity contribution in [3.63, 3.8) is 0 Å². The van der Waals surface area contributed by atoms with Gasteiger partial charge in [-0.1, -0.05) is 23.4 Å². The Labute approximate surface area is 149 Å². The van der Waals surface area contributed by atoms with Gasteiger partial charge >= 0.3 is 0 Å². The normalized spacial score (nSPS) is 10.7. The maximum absolute atomic E-state index is 12.4. The van der Waals surface area contributed by atoms with Gasteiger partial charge in [0.1, 0.15) is 12.1 Å². The van der Waals surface area contributed by atoms with Crippen LogP contribution in [0.25, 0.3) is 11.0 Å². The Morgan fingerprint density at radius 2 is 1.96 bits per heavy atom. The second-order valence-electron chi connectivity index (χ2n) is 5.74. The van der Waals surface area contributed by atoms with E-state index in [2.05, 4.69) is 20.9 Å². The van der Waals surface area contributed by atoms with Crippen molar-refractivity contribution in [2.45, 2.75) is 13.5 Å². The molecule has 0 unspecified atom stereocenters. The molecule has 0 saturated heterocycles. The number of anilines is 1. The van der Waals surface area contributed by atoms with E-state index in [9.17, 15) is 9.59 Å². The van der Waals surface area contributed by atoms with Crippen LogP contribution in [0.1, 0.15) is 15.9 Å². The predicted octanol–water partition coefficient (Wildman–Crippen LogP) is 1.10. The standard InChI is InChI=1S/C18H19N5O3/c1-12-13(18(26)19-9-10-24)5-4-7-14(12)20-17(25)11-23-16-8-3-2-6-15(16)21-22-23/h2-8,24H,9-11H2,1H3,(H,19,26)(H,20,25). The van der Waals surface area contributed by atoms with Gasteiger partial charge in [0, 0.05) is 17.8 Å². The summed E-state index contributed by atoms with van der Waals surface area (Å²) in [5.41, 5.74) is 3.15. The van der Waals surface area contributed by atoms with Crippen molar-refractivity contribution < 1.29 is 14.7 Å². The monoisotopic (exact) mass is 353 g/mol. The zero-order chi connectivity index (χ0) is 18.5. The molecule has 0 atom stereocenters. The Morgan fingerprint density at radius 3 is 2.77 bits per heavy atom. The lowest BCUT2D eigenvalue weighted by Gasteiger charge is -2.12. The maximum Gasteiger partial charge on any atom is 0.251 e. The molecular formula is C18H19N5O3. The lowest BCUT2D eigenvalue weighted by Crippen LogP contribution is -2.27. The Kier molecular flexibility index (Phi) is 5.23. The highest BCUT2D eigenvalue weighted by molar-refractivity contribution is 5.99.